The van der Waals surface area contributed by atoms with Crippen LogP contribution in [0.1, 0.15) is 19.8 Å². The summed E-state index contributed by atoms with van der Waals surface area (Å²) in [5.74, 6) is 5.60. The molecule has 38 valence electrons. The molecule has 0 saturated carbocycles. The van der Waals surface area contributed by atoms with Crippen LogP contribution in [0, 0.1) is 25.2 Å². The Bertz CT molecular complexity index is 71.8. The van der Waals surface area contributed by atoms with Crippen molar-refractivity contribution in [1.82, 2.24) is 0 Å². The van der Waals surface area contributed by atoms with Crippen LogP contribution >= 0.6 is 0 Å². The summed E-state index contributed by atoms with van der Waals surface area (Å²) >= 11 is 0. The Labute approximate surface area is 45.9 Å². The maximum atomic E-state index is 3.66. The first kappa shape index (κ1) is 6.56. The summed E-state index contributed by atoms with van der Waals surface area (Å²) in [5.41, 5.74) is 0. The first-order valence-electron chi connectivity index (χ1n) is 2.45. The molecule has 0 saturated heterocycles. The van der Waals surface area contributed by atoms with Crippen LogP contribution in [0.25, 0.3) is 0 Å². The van der Waals surface area contributed by atoms with Crippen molar-refractivity contribution in [1.29, 1.82) is 0 Å². The highest BCUT2D eigenvalue weighted by atomic mass is 13.8. The van der Waals surface area contributed by atoms with Gasteiger partial charge in [0.1, 0.15) is 0 Å². The molecule has 0 aliphatic carbocycles. The molecule has 0 spiro atoms. The van der Waals surface area contributed by atoms with Crippen molar-refractivity contribution >= 4 is 0 Å². The smallest absolute Gasteiger partial charge is 0.0340 e. The van der Waals surface area contributed by atoms with Gasteiger partial charge in [-0.2, -0.15) is 0 Å². The minimum atomic E-state index is 0.953. The van der Waals surface area contributed by atoms with Gasteiger partial charge < -0.3 is 0 Å². The van der Waals surface area contributed by atoms with E-state index in [2.05, 4.69) is 18.8 Å². The summed E-state index contributed by atoms with van der Waals surface area (Å²) in [6.45, 7) is 5.49. The fraction of sp³-hybridized carbons (Fsp3) is 0.429. The van der Waals surface area contributed by atoms with Crippen molar-refractivity contribution < 1.29 is 0 Å². The third-order valence-electron chi connectivity index (χ3n) is 0.595. The summed E-state index contributed by atoms with van der Waals surface area (Å²) in [5, 5.41) is 0. The van der Waals surface area contributed by atoms with E-state index in [1.54, 1.807) is 0 Å². The maximum absolute atomic E-state index is 3.66. The number of rotatable bonds is 2. The monoisotopic (exact) mass is 94.1 g/mol. The largest absolute Gasteiger partial charge is 0.106 e. The average Bonchev–Trinajstić information content (AvgIpc) is 1.69. The Kier molecular flexibility index (Phi) is 5.21. The highest BCUT2D eigenvalue weighted by Crippen LogP contribution is 1.87. The lowest BCUT2D eigenvalue weighted by Gasteiger charge is -1.79. The molecular weight excluding hydrogens is 84.1 g/mol. The highest BCUT2D eigenvalue weighted by molar-refractivity contribution is 5.06. The Morgan fingerprint density at radius 1 is 1.71 bits per heavy atom. The molecule has 0 fully saturated rings. The van der Waals surface area contributed by atoms with Gasteiger partial charge >= 0.3 is 0 Å². The second kappa shape index (κ2) is 5.56. The van der Waals surface area contributed by atoms with E-state index in [-0.39, 0.29) is 0 Å². The molecule has 0 rings (SSSR count). The summed E-state index contributed by atoms with van der Waals surface area (Å²) in [4.78, 5) is 0. The van der Waals surface area contributed by atoms with Crippen LogP contribution in [-0.2, 0) is 0 Å². The summed E-state index contributed by atoms with van der Waals surface area (Å²) in [6, 6.07) is 0. The Morgan fingerprint density at radius 3 is 2.86 bits per heavy atom. The summed E-state index contributed by atoms with van der Waals surface area (Å²) in [6.07, 6.45) is 3.91. The van der Waals surface area contributed by atoms with Gasteiger partial charge in [0.2, 0.25) is 0 Å². The molecule has 0 heterocycles. The van der Waals surface area contributed by atoms with Crippen LogP contribution in [0.4, 0.5) is 0 Å². The molecule has 0 bridgehead atoms. The first-order valence-corrected chi connectivity index (χ1v) is 2.45. The predicted molar refractivity (Wildman–Crippen MR) is 32.3 cm³/mol. The van der Waals surface area contributed by atoms with Gasteiger partial charge in [-0.15, -0.1) is 5.92 Å². The quantitative estimate of drug-likeness (QED) is 0.361. The van der Waals surface area contributed by atoms with Gasteiger partial charge in [0.05, 0.1) is 0 Å². The van der Waals surface area contributed by atoms with Gasteiger partial charge in [-0.05, 0) is 13.3 Å². The van der Waals surface area contributed by atoms with Crippen LogP contribution in [0.15, 0.2) is 0 Å². The molecule has 7 heavy (non-hydrogen) atoms. The molecule has 2 radical (unpaired) electrons. The number of unbranched alkanes of at least 4 members (excludes halogenated alkanes) is 2. The van der Waals surface area contributed by atoms with Gasteiger partial charge in [-0.1, -0.05) is 19.3 Å². The minimum Gasteiger partial charge on any atom is -0.106 e. The molecule has 0 aromatic heterocycles. The van der Waals surface area contributed by atoms with Crippen LogP contribution in [0.2, 0.25) is 0 Å². The SMILES string of the molecule is [CH2]CC[CH]C#CC. The fourth-order valence-electron chi connectivity index (χ4n) is 0.276. The van der Waals surface area contributed by atoms with Crippen LogP contribution in [0.5, 0.6) is 0 Å². The molecule has 0 atom stereocenters. The van der Waals surface area contributed by atoms with Crippen molar-refractivity contribution in [3.63, 3.8) is 0 Å². The van der Waals surface area contributed by atoms with Gasteiger partial charge in [-0.3, -0.25) is 0 Å². The van der Waals surface area contributed by atoms with E-state index in [1.165, 1.54) is 0 Å². The third kappa shape index (κ3) is 5.56. The third-order valence-corrected chi connectivity index (χ3v) is 0.595. The lowest BCUT2D eigenvalue weighted by molar-refractivity contribution is 1.01. The van der Waals surface area contributed by atoms with E-state index in [0.29, 0.717) is 0 Å². The topological polar surface area (TPSA) is 0 Å². The first-order chi connectivity index (χ1) is 3.41. The minimum absolute atomic E-state index is 0.953. The zero-order valence-corrected chi connectivity index (χ0v) is 4.70. The number of hydrogen-bond acceptors (Lipinski definition) is 0. The molecule has 0 aliphatic heterocycles. The van der Waals surface area contributed by atoms with E-state index in [9.17, 15) is 0 Å². The average molecular weight is 94.2 g/mol. The van der Waals surface area contributed by atoms with E-state index >= 15 is 0 Å². The van der Waals surface area contributed by atoms with E-state index in [0.717, 1.165) is 12.8 Å². The second-order valence-corrected chi connectivity index (χ2v) is 1.24. The van der Waals surface area contributed by atoms with Crippen molar-refractivity contribution in [3.05, 3.63) is 13.3 Å². The fourth-order valence-corrected chi connectivity index (χ4v) is 0.276. The van der Waals surface area contributed by atoms with Crippen LogP contribution in [0.3, 0.4) is 0 Å². The van der Waals surface area contributed by atoms with E-state index < -0.39 is 0 Å². The van der Waals surface area contributed by atoms with Gasteiger partial charge in [0.25, 0.3) is 0 Å². The van der Waals surface area contributed by atoms with Crippen molar-refractivity contribution in [2.45, 2.75) is 19.8 Å². The molecule has 0 aromatic carbocycles. The normalized spacial score (nSPS) is 7.14. The lowest BCUT2D eigenvalue weighted by Crippen LogP contribution is -1.66. The van der Waals surface area contributed by atoms with E-state index in [1.807, 2.05) is 13.3 Å². The number of hydrogen-bond donors (Lipinski definition) is 0. The van der Waals surface area contributed by atoms with Crippen molar-refractivity contribution in [2.24, 2.45) is 0 Å². The Balaban J connectivity index is 2.78. The van der Waals surface area contributed by atoms with Crippen LogP contribution in [-0.4, -0.2) is 0 Å². The Hall–Kier alpha value is -0.440. The summed E-state index contributed by atoms with van der Waals surface area (Å²) in [7, 11) is 0. The zero-order chi connectivity index (χ0) is 5.54. The van der Waals surface area contributed by atoms with Crippen molar-refractivity contribution in [2.75, 3.05) is 0 Å². The zero-order valence-electron chi connectivity index (χ0n) is 4.70. The molecule has 0 nitrogen and oxygen atoms in total. The Morgan fingerprint density at radius 2 is 2.43 bits per heavy atom. The van der Waals surface area contributed by atoms with E-state index in [4.69, 9.17) is 0 Å². The molecule has 0 unspecified atom stereocenters. The van der Waals surface area contributed by atoms with Crippen molar-refractivity contribution in [3.8, 4) is 11.8 Å². The van der Waals surface area contributed by atoms with Gasteiger partial charge in [0, 0.05) is 6.42 Å². The molecule has 0 heteroatoms. The molecule has 0 aliphatic rings. The second-order valence-electron chi connectivity index (χ2n) is 1.24. The summed E-state index contributed by atoms with van der Waals surface area (Å²) < 4.78 is 0. The molecular formula is C7H10. The standard InChI is InChI=1S/C7H10/c1-3-5-7-6-4-2/h7H,1,3,5H2,2H3. The highest BCUT2D eigenvalue weighted by Gasteiger charge is 1.73. The molecule has 0 N–H and O–H groups in total. The molecule has 0 aromatic rings. The van der Waals surface area contributed by atoms with Gasteiger partial charge in [0.15, 0.2) is 0 Å². The maximum Gasteiger partial charge on any atom is 0.0340 e. The van der Waals surface area contributed by atoms with Gasteiger partial charge in [-0.25, -0.2) is 0 Å². The molecule has 0 amide bonds. The predicted octanol–water partition coefficient (Wildman–Crippen LogP) is 1.83. The lowest BCUT2D eigenvalue weighted by atomic mass is 10.3. The van der Waals surface area contributed by atoms with Crippen LogP contribution < -0.4 is 0 Å².